The van der Waals surface area contributed by atoms with Crippen molar-refractivity contribution in [1.82, 2.24) is 10.6 Å². The number of carbonyl (C=O) groups excluding carboxylic acids is 2. The van der Waals surface area contributed by atoms with Gasteiger partial charge >= 0.3 is 0 Å². The van der Waals surface area contributed by atoms with E-state index >= 15 is 0 Å². The predicted molar refractivity (Wildman–Crippen MR) is 62.0 cm³/mol. The summed E-state index contributed by atoms with van der Waals surface area (Å²) in [6.45, 7) is 2.19. The van der Waals surface area contributed by atoms with Gasteiger partial charge in [0.15, 0.2) is 0 Å². The molecule has 1 rings (SSSR count). The predicted octanol–water partition coefficient (Wildman–Crippen LogP) is 1.22. The van der Waals surface area contributed by atoms with Crippen molar-refractivity contribution >= 4 is 11.8 Å². The van der Waals surface area contributed by atoms with Gasteiger partial charge in [0.05, 0.1) is 6.54 Å². The number of halogens is 2. The van der Waals surface area contributed by atoms with Crippen molar-refractivity contribution in [2.24, 2.45) is 0 Å². The lowest BCUT2D eigenvalue weighted by molar-refractivity contribution is -0.120. The monoisotopic (exact) mass is 256 g/mol. The molecule has 0 saturated carbocycles. The Bertz CT molecular complexity index is 429. The summed E-state index contributed by atoms with van der Waals surface area (Å²) in [7, 11) is 0. The van der Waals surface area contributed by atoms with E-state index in [1.165, 1.54) is 0 Å². The fourth-order valence-electron chi connectivity index (χ4n) is 1.27. The minimum atomic E-state index is -0.837. The van der Waals surface area contributed by atoms with E-state index in [-0.39, 0.29) is 18.0 Å². The summed E-state index contributed by atoms with van der Waals surface area (Å²) in [6, 6.07) is 2.48. The van der Waals surface area contributed by atoms with Crippen LogP contribution in [0, 0.1) is 11.6 Å². The molecule has 4 nitrogen and oxygen atoms in total. The maximum atomic E-state index is 12.9. The van der Waals surface area contributed by atoms with Crippen LogP contribution in [0.3, 0.4) is 0 Å². The molecule has 1 aromatic rings. The van der Waals surface area contributed by atoms with Gasteiger partial charge in [0.25, 0.3) is 5.91 Å². The van der Waals surface area contributed by atoms with Gasteiger partial charge in [-0.05, 0) is 18.6 Å². The van der Waals surface area contributed by atoms with Gasteiger partial charge in [-0.3, -0.25) is 9.59 Å². The van der Waals surface area contributed by atoms with E-state index in [4.69, 9.17) is 0 Å². The lowest BCUT2D eigenvalue weighted by atomic mass is 10.2. The molecular formula is C12H14F2N2O2. The minimum Gasteiger partial charge on any atom is -0.355 e. The lowest BCUT2D eigenvalue weighted by Gasteiger charge is -2.06. The van der Waals surface area contributed by atoms with Crippen LogP contribution in [0.25, 0.3) is 0 Å². The largest absolute Gasteiger partial charge is 0.355 e. The number of carbonyl (C=O) groups is 2. The third-order valence-electron chi connectivity index (χ3n) is 2.11. The zero-order chi connectivity index (χ0) is 13.5. The van der Waals surface area contributed by atoms with Crippen LogP contribution in [0.5, 0.6) is 0 Å². The number of benzene rings is 1. The third kappa shape index (κ3) is 4.48. The highest BCUT2D eigenvalue weighted by molar-refractivity contribution is 5.96. The Morgan fingerprint density at radius 1 is 1.11 bits per heavy atom. The maximum Gasteiger partial charge on any atom is 0.251 e. The number of amides is 2. The topological polar surface area (TPSA) is 58.2 Å². The summed E-state index contributed by atoms with van der Waals surface area (Å²) in [4.78, 5) is 22.7. The van der Waals surface area contributed by atoms with Gasteiger partial charge in [0.2, 0.25) is 5.91 Å². The smallest absolute Gasteiger partial charge is 0.251 e. The second-order valence-electron chi connectivity index (χ2n) is 3.69. The molecule has 18 heavy (non-hydrogen) atoms. The summed E-state index contributed by atoms with van der Waals surface area (Å²) < 4.78 is 25.7. The van der Waals surface area contributed by atoms with Crippen LogP contribution in [0.2, 0.25) is 0 Å². The fourth-order valence-corrected chi connectivity index (χ4v) is 1.27. The SMILES string of the molecule is CCCNC(=O)CNC(=O)c1cc(F)cc(F)c1. The zero-order valence-corrected chi connectivity index (χ0v) is 9.93. The average molecular weight is 256 g/mol. The highest BCUT2D eigenvalue weighted by atomic mass is 19.1. The molecule has 0 aliphatic carbocycles. The highest BCUT2D eigenvalue weighted by Gasteiger charge is 2.10. The number of hydrogen-bond donors (Lipinski definition) is 2. The molecule has 0 bridgehead atoms. The Hall–Kier alpha value is -1.98. The van der Waals surface area contributed by atoms with Gasteiger partial charge in [0, 0.05) is 18.2 Å². The third-order valence-corrected chi connectivity index (χ3v) is 2.11. The molecule has 0 aliphatic heterocycles. The van der Waals surface area contributed by atoms with E-state index < -0.39 is 17.5 Å². The quantitative estimate of drug-likeness (QED) is 0.832. The number of hydrogen-bond acceptors (Lipinski definition) is 2. The molecule has 0 unspecified atom stereocenters. The maximum absolute atomic E-state index is 12.9. The van der Waals surface area contributed by atoms with E-state index in [0.29, 0.717) is 12.6 Å². The van der Waals surface area contributed by atoms with Gasteiger partial charge in [-0.2, -0.15) is 0 Å². The molecule has 2 N–H and O–H groups in total. The second-order valence-corrected chi connectivity index (χ2v) is 3.69. The molecule has 0 aliphatic rings. The molecule has 0 radical (unpaired) electrons. The molecule has 0 heterocycles. The Balaban J connectivity index is 2.52. The van der Waals surface area contributed by atoms with Crippen molar-refractivity contribution in [2.45, 2.75) is 13.3 Å². The summed E-state index contributed by atoms with van der Waals surface area (Å²) in [5, 5.41) is 4.84. The summed E-state index contributed by atoms with van der Waals surface area (Å²) in [5.41, 5.74) is -0.157. The summed E-state index contributed by atoms with van der Waals surface area (Å²) in [5.74, 6) is -2.71. The van der Waals surface area contributed by atoms with E-state index in [1.54, 1.807) is 0 Å². The number of nitrogens with one attached hydrogen (secondary N) is 2. The normalized spacial score (nSPS) is 9.94. The first-order chi connectivity index (χ1) is 8.52. The van der Waals surface area contributed by atoms with Gasteiger partial charge in [-0.15, -0.1) is 0 Å². The zero-order valence-electron chi connectivity index (χ0n) is 9.93. The molecule has 0 aromatic heterocycles. The molecule has 98 valence electrons. The molecule has 0 saturated heterocycles. The van der Waals surface area contributed by atoms with Crippen LogP contribution >= 0.6 is 0 Å². The molecule has 0 spiro atoms. The summed E-state index contributed by atoms with van der Waals surface area (Å²) >= 11 is 0. The molecular weight excluding hydrogens is 242 g/mol. The van der Waals surface area contributed by atoms with Crippen molar-refractivity contribution in [3.05, 3.63) is 35.4 Å². The molecule has 0 fully saturated rings. The highest BCUT2D eigenvalue weighted by Crippen LogP contribution is 2.07. The first kappa shape index (κ1) is 14.1. The molecule has 1 aromatic carbocycles. The van der Waals surface area contributed by atoms with Crippen molar-refractivity contribution in [1.29, 1.82) is 0 Å². The van der Waals surface area contributed by atoms with E-state index in [2.05, 4.69) is 10.6 Å². The molecule has 2 amide bonds. The minimum absolute atomic E-state index is 0.157. The van der Waals surface area contributed by atoms with E-state index in [1.807, 2.05) is 6.92 Å². The molecule has 0 atom stereocenters. The van der Waals surface area contributed by atoms with Crippen molar-refractivity contribution < 1.29 is 18.4 Å². The van der Waals surface area contributed by atoms with Crippen molar-refractivity contribution in [3.63, 3.8) is 0 Å². The van der Waals surface area contributed by atoms with Crippen molar-refractivity contribution in [3.8, 4) is 0 Å². The van der Waals surface area contributed by atoms with Crippen LogP contribution in [-0.4, -0.2) is 24.9 Å². The lowest BCUT2D eigenvalue weighted by Crippen LogP contribution is -2.37. The van der Waals surface area contributed by atoms with Crippen LogP contribution < -0.4 is 10.6 Å². The number of rotatable bonds is 5. The van der Waals surface area contributed by atoms with Gasteiger partial charge in [0.1, 0.15) is 11.6 Å². The van der Waals surface area contributed by atoms with E-state index in [9.17, 15) is 18.4 Å². The fraction of sp³-hybridized carbons (Fsp3) is 0.333. The van der Waals surface area contributed by atoms with Crippen LogP contribution in [0.1, 0.15) is 23.7 Å². The van der Waals surface area contributed by atoms with Crippen LogP contribution in [0.15, 0.2) is 18.2 Å². The van der Waals surface area contributed by atoms with Gasteiger partial charge in [-0.1, -0.05) is 6.92 Å². The van der Waals surface area contributed by atoms with E-state index in [0.717, 1.165) is 18.6 Å². The van der Waals surface area contributed by atoms with Gasteiger partial charge in [-0.25, -0.2) is 8.78 Å². The Kier molecular flexibility index (Phi) is 5.23. The first-order valence-corrected chi connectivity index (χ1v) is 5.54. The average Bonchev–Trinajstić information content (AvgIpc) is 2.32. The first-order valence-electron chi connectivity index (χ1n) is 5.54. The van der Waals surface area contributed by atoms with Crippen LogP contribution in [0.4, 0.5) is 8.78 Å². The molecule has 6 heteroatoms. The Morgan fingerprint density at radius 2 is 1.72 bits per heavy atom. The summed E-state index contributed by atoms with van der Waals surface area (Å²) in [6.07, 6.45) is 0.787. The standard InChI is InChI=1S/C12H14F2N2O2/c1-2-3-15-11(17)7-16-12(18)8-4-9(13)6-10(14)5-8/h4-6H,2-3,7H2,1H3,(H,15,17)(H,16,18). The van der Waals surface area contributed by atoms with Crippen LogP contribution in [-0.2, 0) is 4.79 Å². The van der Waals surface area contributed by atoms with Crippen molar-refractivity contribution in [2.75, 3.05) is 13.1 Å². The van der Waals surface area contributed by atoms with Gasteiger partial charge < -0.3 is 10.6 Å². The Labute approximate surface area is 103 Å². The Morgan fingerprint density at radius 3 is 2.28 bits per heavy atom. The second kappa shape index (κ2) is 6.68.